The summed E-state index contributed by atoms with van der Waals surface area (Å²) in [6.07, 6.45) is 1.87. The van der Waals surface area contributed by atoms with Crippen LogP contribution in [0.25, 0.3) is 0 Å². The first-order chi connectivity index (χ1) is 16.1. The highest BCUT2D eigenvalue weighted by atomic mass is 16.7. The van der Waals surface area contributed by atoms with E-state index in [1.807, 2.05) is 36.4 Å². The van der Waals surface area contributed by atoms with E-state index in [2.05, 4.69) is 5.32 Å². The van der Waals surface area contributed by atoms with E-state index in [1.165, 1.54) is 13.4 Å². The topological polar surface area (TPSA) is 120 Å². The van der Waals surface area contributed by atoms with Gasteiger partial charge in [-0.1, -0.05) is 36.4 Å². The molecular formula is C25H31NO8. The van der Waals surface area contributed by atoms with Crippen LogP contribution in [0, 0.1) is 11.8 Å². The van der Waals surface area contributed by atoms with Gasteiger partial charge in [-0.3, -0.25) is 0 Å². The molecule has 1 aliphatic carbocycles. The predicted octanol–water partition coefficient (Wildman–Crippen LogP) is 2.63. The molecule has 9 heteroatoms. The third kappa shape index (κ3) is 6.17. The summed E-state index contributed by atoms with van der Waals surface area (Å²) < 4.78 is 21.4. The van der Waals surface area contributed by atoms with Crippen LogP contribution in [0.1, 0.15) is 32.8 Å². The molecule has 0 radical (unpaired) electrons. The first-order valence-corrected chi connectivity index (χ1v) is 11.1. The van der Waals surface area contributed by atoms with Crippen LogP contribution in [0.3, 0.4) is 0 Å². The van der Waals surface area contributed by atoms with Crippen molar-refractivity contribution in [2.45, 2.75) is 51.5 Å². The summed E-state index contributed by atoms with van der Waals surface area (Å²) in [5.41, 5.74) is 0.988. The van der Waals surface area contributed by atoms with Crippen molar-refractivity contribution < 1.29 is 38.4 Å². The van der Waals surface area contributed by atoms with Crippen LogP contribution in [0.2, 0.25) is 0 Å². The van der Waals surface area contributed by atoms with Crippen LogP contribution in [0.5, 0.6) is 0 Å². The molecule has 0 saturated carbocycles. The molecule has 3 rings (SSSR count). The normalized spacial score (nSPS) is 22.3. The number of nitrogens with one attached hydrogen (secondary N) is 1. The minimum Gasteiger partial charge on any atom is -0.466 e. The zero-order valence-corrected chi connectivity index (χ0v) is 19.8. The van der Waals surface area contributed by atoms with Gasteiger partial charge in [0.25, 0.3) is 6.29 Å². The summed E-state index contributed by atoms with van der Waals surface area (Å²) in [4.78, 5) is 37.8. The molecule has 2 N–H and O–H groups in total. The number of allylic oxidation sites excluding steroid dienone is 1. The molecule has 1 aliphatic heterocycles. The summed E-state index contributed by atoms with van der Waals surface area (Å²) in [6, 6.07) is 8.13. The lowest BCUT2D eigenvalue weighted by atomic mass is 9.83. The molecule has 4 atom stereocenters. The molecule has 9 nitrogen and oxygen atoms in total. The molecule has 0 aromatic heterocycles. The van der Waals surface area contributed by atoms with E-state index in [-0.39, 0.29) is 18.9 Å². The number of benzene rings is 1. The molecule has 1 aromatic carbocycles. The third-order valence-corrected chi connectivity index (χ3v) is 5.61. The van der Waals surface area contributed by atoms with Gasteiger partial charge in [0.15, 0.2) is 0 Å². The fraction of sp³-hybridized carbons (Fsp3) is 0.480. The lowest BCUT2D eigenvalue weighted by molar-refractivity contribution is -0.184. The quantitative estimate of drug-likeness (QED) is 0.352. The van der Waals surface area contributed by atoms with Gasteiger partial charge >= 0.3 is 18.0 Å². The average Bonchev–Trinajstić information content (AvgIpc) is 3.22. The van der Waals surface area contributed by atoms with Gasteiger partial charge in [0, 0.05) is 12.3 Å². The molecular weight excluding hydrogens is 442 g/mol. The average molecular weight is 474 g/mol. The highest BCUT2D eigenvalue weighted by molar-refractivity contribution is 5.89. The second-order valence-corrected chi connectivity index (χ2v) is 9.20. The number of alkyl carbamates (subject to hydrolysis) is 1. The molecule has 0 unspecified atom stereocenters. The van der Waals surface area contributed by atoms with Crippen LogP contribution < -0.4 is 5.32 Å². The van der Waals surface area contributed by atoms with Crippen LogP contribution in [0.4, 0.5) is 4.79 Å². The second-order valence-electron chi connectivity index (χ2n) is 9.20. The van der Waals surface area contributed by atoms with Gasteiger partial charge in [-0.15, -0.1) is 0 Å². The van der Waals surface area contributed by atoms with Crippen molar-refractivity contribution in [2.24, 2.45) is 11.8 Å². The molecule has 34 heavy (non-hydrogen) atoms. The van der Waals surface area contributed by atoms with Gasteiger partial charge in [-0.05, 0) is 38.3 Å². The van der Waals surface area contributed by atoms with E-state index < -0.39 is 41.9 Å². The fourth-order valence-electron chi connectivity index (χ4n) is 4.09. The number of hydrogen-bond acceptors (Lipinski definition) is 8. The van der Waals surface area contributed by atoms with Gasteiger partial charge in [-0.2, -0.15) is 0 Å². The Labute approximate surface area is 198 Å². The summed E-state index contributed by atoms with van der Waals surface area (Å²) in [5.74, 6) is -2.17. The monoisotopic (exact) mass is 473 g/mol. The van der Waals surface area contributed by atoms with Crippen molar-refractivity contribution in [1.82, 2.24) is 5.32 Å². The number of methoxy groups -OCH3 is 1. The molecule has 184 valence electrons. The zero-order valence-electron chi connectivity index (χ0n) is 19.8. The number of rotatable bonds is 7. The van der Waals surface area contributed by atoms with E-state index in [0.29, 0.717) is 17.6 Å². The Bertz CT molecular complexity index is 963. The number of aliphatic hydroxyl groups is 1. The number of hydrogen-bond donors (Lipinski definition) is 2. The van der Waals surface area contributed by atoms with Crippen molar-refractivity contribution in [3.63, 3.8) is 0 Å². The molecule has 1 aromatic rings. The summed E-state index contributed by atoms with van der Waals surface area (Å²) in [6.45, 7) is 4.90. The Balaban J connectivity index is 1.80. The smallest absolute Gasteiger partial charge is 0.408 e. The maximum absolute atomic E-state index is 13.2. The second kappa shape index (κ2) is 10.7. The Hall–Kier alpha value is -3.33. The molecule has 0 bridgehead atoms. The minimum atomic E-state index is -1.08. The summed E-state index contributed by atoms with van der Waals surface area (Å²) in [5, 5.41) is 12.4. The van der Waals surface area contributed by atoms with Crippen molar-refractivity contribution in [1.29, 1.82) is 0 Å². The van der Waals surface area contributed by atoms with E-state index in [0.717, 1.165) is 5.56 Å². The van der Waals surface area contributed by atoms with Crippen molar-refractivity contribution >= 4 is 18.0 Å². The lowest BCUT2D eigenvalue weighted by Crippen LogP contribution is -2.48. The van der Waals surface area contributed by atoms with Crippen molar-refractivity contribution in [3.05, 3.63) is 59.4 Å². The van der Waals surface area contributed by atoms with Gasteiger partial charge in [0.2, 0.25) is 0 Å². The standard InChI is InChI=1S/C25H31NO8/c1-25(2,3)34-24(30)26-19(12-15-8-6-5-7-9-15)22(29)33-23-20-16(13-27)10-11-17(20)18(14-32-23)21(28)31-4/h5-10,14,17,19-20,23,27H,11-13H2,1-4H3,(H,26,30)/t17-,19+,20-,23+/m1/s1. The van der Waals surface area contributed by atoms with Crippen molar-refractivity contribution in [3.8, 4) is 0 Å². The SMILES string of the molecule is COC(=O)C1=CO[C@@H](OC(=O)[C@H](Cc2ccccc2)NC(=O)OC(C)(C)C)[C@@H]2C(CO)=CC[C@H]12. The largest absolute Gasteiger partial charge is 0.466 e. The third-order valence-electron chi connectivity index (χ3n) is 5.61. The number of carbonyl (C=O) groups excluding carboxylic acids is 3. The Kier molecular flexibility index (Phi) is 7.98. The lowest BCUT2D eigenvalue weighted by Gasteiger charge is -2.34. The van der Waals surface area contributed by atoms with Gasteiger partial charge in [0.1, 0.15) is 11.6 Å². The van der Waals surface area contributed by atoms with Crippen LogP contribution >= 0.6 is 0 Å². The van der Waals surface area contributed by atoms with Gasteiger partial charge in [-0.25, -0.2) is 14.4 Å². The molecule has 0 spiro atoms. The summed E-state index contributed by atoms with van der Waals surface area (Å²) in [7, 11) is 1.27. The van der Waals surface area contributed by atoms with E-state index in [9.17, 15) is 19.5 Å². The Morgan fingerprint density at radius 1 is 1.21 bits per heavy atom. The fourth-order valence-corrected chi connectivity index (χ4v) is 4.09. The predicted molar refractivity (Wildman–Crippen MR) is 121 cm³/mol. The number of ether oxygens (including phenoxy) is 4. The molecule has 1 amide bonds. The number of aliphatic hydroxyl groups excluding tert-OH is 1. The molecule has 0 saturated heterocycles. The van der Waals surface area contributed by atoms with Crippen LogP contribution in [0.15, 0.2) is 53.8 Å². The highest BCUT2D eigenvalue weighted by Gasteiger charge is 2.46. The Morgan fingerprint density at radius 2 is 1.91 bits per heavy atom. The highest BCUT2D eigenvalue weighted by Crippen LogP contribution is 2.43. The minimum absolute atomic E-state index is 0.172. The first kappa shape index (κ1) is 25.3. The maximum Gasteiger partial charge on any atom is 0.408 e. The summed E-state index contributed by atoms with van der Waals surface area (Å²) >= 11 is 0. The van der Waals surface area contributed by atoms with Gasteiger partial charge < -0.3 is 29.4 Å². The number of carbonyl (C=O) groups is 3. The number of amides is 1. The molecule has 0 fully saturated rings. The van der Waals surface area contributed by atoms with E-state index in [4.69, 9.17) is 18.9 Å². The Morgan fingerprint density at radius 3 is 2.53 bits per heavy atom. The molecule has 2 aliphatic rings. The first-order valence-electron chi connectivity index (χ1n) is 11.1. The van der Waals surface area contributed by atoms with Crippen LogP contribution in [-0.2, 0) is 35.0 Å². The number of fused-ring (bicyclic) bond motifs is 1. The maximum atomic E-state index is 13.2. The number of esters is 2. The van der Waals surface area contributed by atoms with Gasteiger partial charge in [0.05, 0.1) is 31.5 Å². The van der Waals surface area contributed by atoms with Crippen molar-refractivity contribution in [2.75, 3.05) is 13.7 Å². The van der Waals surface area contributed by atoms with E-state index in [1.54, 1.807) is 20.8 Å². The zero-order chi connectivity index (χ0) is 24.9. The van der Waals surface area contributed by atoms with Crippen LogP contribution in [-0.4, -0.2) is 54.8 Å². The van der Waals surface area contributed by atoms with E-state index >= 15 is 0 Å². The molecule has 1 heterocycles.